The molecule has 30 heavy (non-hydrogen) atoms. The van der Waals surface area contributed by atoms with E-state index in [0.717, 1.165) is 11.3 Å². The Kier molecular flexibility index (Phi) is 5.07. The molecule has 10 heteroatoms. The number of thiazole rings is 1. The minimum Gasteiger partial charge on any atom is -0.267 e. The smallest absolute Gasteiger partial charge is 0.267 e. The van der Waals surface area contributed by atoms with Gasteiger partial charge in [-0.3, -0.25) is 25.2 Å². The number of hydrazine groups is 1. The molecular weight excluding hydrogens is 409 g/mol. The molecule has 0 unspecified atom stereocenters. The molecule has 4 aromatic rings. The molecule has 2 amide bonds. The topological polar surface area (TPSA) is 117 Å². The number of hydrogen-bond acceptors (Lipinski definition) is 6. The fraction of sp³-hybridized carbons (Fsp3) is 0.0500. The molecule has 0 radical (unpaired) electrons. The van der Waals surface area contributed by atoms with Crippen LogP contribution in [0, 0.1) is 12.7 Å². The average molecular weight is 423 g/mol. The number of carbonyl (C=O) groups is 2. The van der Waals surface area contributed by atoms with E-state index in [4.69, 9.17) is 0 Å². The number of aryl methyl sites for hydroxylation is 1. The number of nitrogens with one attached hydrogen (secondary N) is 3. The summed E-state index contributed by atoms with van der Waals surface area (Å²) in [6, 6.07) is 12.3. The van der Waals surface area contributed by atoms with Crippen LogP contribution in [0.3, 0.4) is 0 Å². The van der Waals surface area contributed by atoms with Gasteiger partial charge in [0.05, 0.1) is 11.1 Å². The number of aromatic nitrogens is 3. The van der Waals surface area contributed by atoms with Crippen molar-refractivity contribution in [3.05, 3.63) is 81.0 Å². The van der Waals surface area contributed by atoms with Gasteiger partial charge in [0.2, 0.25) is 0 Å². The zero-order valence-corrected chi connectivity index (χ0v) is 16.3. The highest BCUT2D eigenvalue weighted by Crippen LogP contribution is 2.27. The Morgan fingerprint density at radius 2 is 1.67 bits per heavy atom. The summed E-state index contributed by atoms with van der Waals surface area (Å²) in [7, 11) is 0. The molecule has 0 bridgehead atoms. The highest BCUT2D eigenvalue weighted by Gasteiger charge is 2.19. The number of H-pyrrole nitrogens is 1. The second-order valence-electron chi connectivity index (χ2n) is 6.30. The molecule has 0 spiro atoms. The van der Waals surface area contributed by atoms with Crippen LogP contribution in [0.4, 0.5) is 4.39 Å². The molecule has 0 fully saturated rings. The van der Waals surface area contributed by atoms with Crippen molar-refractivity contribution in [3.8, 4) is 10.6 Å². The number of benzene rings is 2. The van der Waals surface area contributed by atoms with E-state index in [1.54, 1.807) is 43.3 Å². The normalized spacial score (nSPS) is 10.7. The Bertz CT molecular complexity index is 1330. The van der Waals surface area contributed by atoms with Gasteiger partial charge in [0.1, 0.15) is 15.7 Å². The van der Waals surface area contributed by atoms with Crippen LogP contribution >= 0.6 is 11.3 Å². The third-order valence-corrected chi connectivity index (χ3v) is 5.50. The quantitative estimate of drug-likeness (QED) is 0.438. The van der Waals surface area contributed by atoms with E-state index in [2.05, 4.69) is 26.0 Å². The van der Waals surface area contributed by atoms with Crippen LogP contribution in [0.15, 0.2) is 53.3 Å². The van der Waals surface area contributed by atoms with Crippen molar-refractivity contribution in [2.45, 2.75) is 6.92 Å². The Labute approximate surface area is 172 Å². The van der Waals surface area contributed by atoms with Crippen molar-refractivity contribution in [2.24, 2.45) is 0 Å². The molecule has 0 saturated carbocycles. The van der Waals surface area contributed by atoms with Crippen molar-refractivity contribution < 1.29 is 14.0 Å². The first-order valence-corrected chi connectivity index (χ1v) is 9.57. The number of aromatic amines is 1. The maximum atomic E-state index is 13.1. The molecule has 0 aliphatic carbocycles. The first-order chi connectivity index (χ1) is 14.4. The maximum Gasteiger partial charge on any atom is 0.290 e. The number of rotatable bonds is 3. The molecule has 8 nitrogen and oxygen atoms in total. The summed E-state index contributed by atoms with van der Waals surface area (Å²) in [6.07, 6.45) is 0. The van der Waals surface area contributed by atoms with Gasteiger partial charge in [-0.05, 0) is 37.3 Å². The lowest BCUT2D eigenvalue weighted by atomic mass is 10.1. The monoisotopic (exact) mass is 423 g/mol. The third-order valence-electron chi connectivity index (χ3n) is 4.29. The lowest BCUT2D eigenvalue weighted by Crippen LogP contribution is -2.42. The van der Waals surface area contributed by atoms with E-state index >= 15 is 0 Å². The van der Waals surface area contributed by atoms with Gasteiger partial charge in [-0.15, -0.1) is 11.3 Å². The van der Waals surface area contributed by atoms with E-state index in [0.29, 0.717) is 31.9 Å². The van der Waals surface area contributed by atoms with Crippen LogP contribution in [0.2, 0.25) is 0 Å². The van der Waals surface area contributed by atoms with Crippen molar-refractivity contribution in [1.29, 1.82) is 0 Å². The first kappa shape index (κ1) is 19.4. The first-order valence-electron chi connectivity index (χ1n) is 8.75. The Balaban J connectivity index is 1.52. The van der Waals surface area contributed by atoms with Crippen LogP contribution in [0.1, 0.15) is 25.9 Å². The van der Waals surface area contributed by atoms with Crippen LogP contribution in [0.25, 0.3) is 21.3 Å². The van der Waals surface area contributed by atoms with E-state index < -0.39 is 17.4 Å². The standard InChI is InChI=1S/C20H14FN5O3S/c1-10-16(30-20(22-10)11-6-8-12(21)9-7-11)19(29)26-25-18(28)15-13-4-2-3-5-14(13)17(27)24-23-15/h2-9H,1H3,(H,24,27)(H,25,28)(H,26,29). The van der Waals surface area contributed by atoms with Gasteiger partial charge in [0, 0.05) is 10.9 Å². The van der Waals surface area contributed by atoms with Gasteiger partial charge in [0.25, 0.3) is 17.4 Å². The van der Waals surface area contributed by atoms with E-state index in [-0.39, 0.29) is 11.5 Å². The molecule has 2 aromatic heterocycles. The van der Waals surface area contributed by atoms with Crippen molar-refractivity contribution in [1.82, 2.24) is 26.0 Å². The highest BCUT2D eigenvalue weighted by atomic mass is 32.1. The van der Waals surface area contributed by atoms with E-state index in [1.165, 1.54) is 12.1 Å². The lowest BCUT2D eigenvalue weighted by Gasteiger charge is -2.07. The number of amides is 2. The van der Waals surface area contributed by atoms with Gasteiger partial charge in [-0.2, -0.15) is 5.10 Å². The Morgan fingerprint density at radius 1 is 1.00 bits per heavy atom. The molecule has 150 valence electrons. The van der Waals surface area contributed by atoms with Crippen LogP contribution < -0.4 is 16.4 Å². The zero-order valence-electron chi connectivity index (χ0n) is 15.5. The van der Waals surface area contributed by atoms with Crippen LogP contribution in [0.5, 0.6) is 0 Å². The number of carbonyl (C=O) groups excluding carboxylic acids is 2. The Morgan fingerprint density at radius 3 is 2.40 bits per heavy atom. The summed E-state index contributed by atoms with van der Waals surface area (Å²) >= 11 is 1.12. The fourth-order valence-corrected chi connectivity index (χ4v) is 3.81. The highest BCUT2D eigenvalue weighted by molar-refractivity contribution is 7.17. The largest absolute Gasteiger partial charge is 0.290 e. The van der Waals surface area contributed by atoms with Gasteiger partial charge in [-0.25, -0.2) is 14.5 Å². The summed E-state index contributed by atoms with van der Waals surface area (Å²) in [5, 5.41) is 7.27. The van der Waals surface area contributed by atoms with Gasteiger partial charge < -0.3 is 0 Å². The molecular formula is C20H14FN5O3S. The summed E-state index contributed by atoms with van der Waals surface area (Å²) in [6.45, 7) is 1.66. The lowest BCUT2D eigenvalue weighted by molar-refractivity contribution is 0.0846. The number of halogens is 1. The number of nitrogens with zero attached hydrogens (tertiary/aromatic N) is 2. The van der Waals surface area contributed by atoms with Gasteiger partial charge >= 0.3 is 0 Å². The minimum absolute atomic E-state index is 0.0291. The van der Waals surface area contributed by atoms with E-state index in [9.17, 15) is 18.8 Å². The summed E-state index contributed by atoms with van der Waals surface area (Å²) < 4.78 is 13.1. The number of fused-ring (bicyclic) bond motifs is 1. The molecule has 4 rings (SSSR count). The molecule has 2 heterocycles. The summed E-state index contributed by atoms with van der Waals surface area (Å²) in [4.78, 5) is 41.5. The SMILES string of the molecule is Cc1nc(-c2ccc(F)cc2)sc1C(=O)NNC(=O)c1n[nH]c(=O)c2ccccc12. The molecule has 0 saturated heterocycles. The van der Waals surface area contributed by atoms with Crippen molar-refractivity contribution in [3.63, 3.8) is 0 Å². The molecule has 0 atom stereocenters. The van der Waals surface area contributed by atoms with E-state index in [1.807, 2.05) is 0 Å². The predicted octanol–water partition coefficient (Wildman–Crippen LogP) is 2.57. The van der Waals surface area contributed by atoms with Crippen molar-refractivity contribution in [2.75, 3.05) is 0 Å². The van der Waals surface area contributed by atoms with Crippen LogP contribution in [-0.4, -0.2) is 27.0 Å². The van der Waals surface area contributed by atoms with Gasteiger partial charge in [0.15, 0.2) is 5.69 Å². The predicted molar refractivity (Wildman–Crippen MR) is 110 cm³/mol. The third kappa shape index (κ3) is 3.67. The minimum atomic E-state index is -0.684. The van der Waals surface area contributed by atoms with Crippen molar-refractivity contribution >= 4 is 33.9 Å². The Hall–Kier alpha value is -3.92. The molecule has 0 aliphatic rings. The zero-order chi connectivity index (χ0) is 21.3. The molecule has 2 aromatic carbocycles. The summed E-state index contributed by atoms with van der Waals surface area (Å²) in [5.74, 6) is -1.60. The maximum absolute atomic E-state index is 13.1. The average Bonchev–Trinajstić information content (AvgIpc) is 3.14. The fourth-order valence-electron chi connectivity index (χ4n) is 2.84. The summed E-state index contributed by atoms with van der Waals surface area (Å²) in [5.41, 5.74) is 5.33. The number of hydrogen-bond donors (Lipinski definition) is 3. The second kappa shape index (κ2) is 7.84. The van der Waals surface area contributed by atoms with Gasteiger partial charge in [-0.1, -0.05) is 18.2 Å². The molecule has 3 N–H and O–H groups in total. The second-order valence-corrected chi connectivity index (χ2v) is 7.29. The van der Waals surface area contributed by atoms with Crippen LogP contribution in [-0.2, 0) is 0 Å². The molecule has 0 aliphatic heterocycles.